The van der Waals surface area contributed by atoms with E-state index < -0.39 is 4.92 Å². The molecular weight excluding hydrogens is 537 g/mol. The number of nitrogens with one attached hydrogen (secondary N) is 1. The molecule has 3 rings (SSSR count). The molecule has 0 aliphatic heterocycles. The molecular formula is C24H18IN3O5. The predicted octanol–water partition coefficient (Wildman–Crippen LogP) is 5.29. The molecule has 0 bridgehead atoms. The van der Waals surface area contributed by atoms with Crippen molar-refractivity contribution in [1.29, 1.82) is 5.26 Å². The molecule has 0 heterocycles. The van der Waals surface area contributed by atoms with Gasteiger partial charge in [-0.2, -0.15) is 5.26 Å². The largest absolute Gasteiger partial charge is 0.493 e. The van der Waals surface area contributed by atoms with Crippen molar-refractivity contribution in [3.05, 3.63) is 91.5 Å². The number of non-ortho nitro benzene ring substituents is 1. The number of hydrogen-bond acceptors (Lipinski definition) is 6. The standard InChI is InChI=1S/C24H18IN3O5/c1-32-22-13-16(11-18(14-26)17-7-9-20(10-8-17)28(30)31)12-21(25)24(22)33-15-23(29)27-19-5-3-2-4-6-19/h2-13H,15H2,1H3,(H,27,29)/b18-11+. The van der Waals surface area contributed by atoms with Gasteiger partial charge in [-0.25, -0.2) is 0 Å². The van der Waals surface area contributed by atoms with Gasteiger partial charge in [0.15, 0.2) is 18.1 Å². The molecule has 0 radical (unpaired) electrons. The minimum atomic E-state index is -0.494. The van der Waals surface area contributed by atoms with Crippen LogP contribution in [0.1, 0.15) is 11.1 Å². The topological polar surface area (TPSA) is 114 Å². The van der Waals surface area contributed by atoms with Gasteiger partial charge in [0.05, 0.1) is 27.2 Å². The number of rotatable bonds is 8. The van der Waals surface area contributed by atoms with E-state index in [2.05, 4.69) is 34.0 Å². The van der Waals surface area contributed by atoms with E-state index in [9.17, 15) is 20.2 Å². The summed E-state index contributed by atoms with van der Waals surface area (Å²) in [5.74, 6) is 0.502. The maximum Gasteiger partial charge on any atom is 0.269 e. The number of allylic oxidation sites excluding steroid dienone is 1. The van der Waals surface area contributed by atoms with Gasteiger partial charge < -0.3 is 14.8 Å². The molecule has 0 spiro atoms. The van der Waals surface area contributed by atoms with Crippen LogP contribution in [0.3, 0.4) is 0 Å². The van der Waals surface area contributed by atoms with E-state index in [1.165, 1.54) is 31.4 Å². The summed E-state index contributed by atoms with van der Waals surface area (Å²) in [6.07, 6.45) is 1.65. The Morgan fingerprint density at radius 3 is 2.48 bits per heavy atom. The maximum atomic E-state index is 12.2. The van der Waals surface area contributed by atoms with Gasteiger partial charge in [-0.15, -0.1) is 0 Å². The van der Waals surface area contributed by atoms with Crippen molar-refractivity contribution in [2.24, 2.45) is 0 Å². The van der Waals surface area contributed by atoms with Crippen molar-refractivity contribution in [2.75, 3.05) is 19.0 Å². The molecule has 9 heteroatoms. The van der Waals surface area contributed by atoms with Crippen LogP contribution in [0.15, 0.2) is 66.7 Å². The van der Waals surface area contributed by atoms with Crippen LogP contribution >= 0.6 is 22.6 Å². The van der Waals surface area contributed by atoms with E-state index in [1.807, 2.05) is 18.2 Å². The average Bonchev–Trinajstić information content (AvgIpc) is 2.82. The Kier molecular flexibility index (Phi) is 7.99. The number of anilines is 1. The summed E-state index contributed by atoms with van der Waals surface area (Å²) in [7, 11) is 1.48. The molecule has 0 saturated carbocycles. The summed E-state index contributed by atoms with van der Waals surface area (Å²) in [5.41, 5.74) is 2.18. The Bertz CT molecular complexity index is 1240. The van der Waals surface area contributed by atoms with Crippen LogP contribution in [-0.2, 0) is 4.79 Å². The number of carbonyl (C=O) groups is 1. The van der Waals surface area contributed by atoms with E-state index in [1.54, 1.807) is 30.3 Å². The number of nitro groups is 1. The van der Waals surface area contributed by atoms with E-state index in [0.717, 1.165) is 0 Å². The molecule has 0 fully saturated rings. The number of carbonyl (C=O) groups excluding carboxylic acids is 1. The first-order chi connectivity index (χ1) is 15.9. The molecule has 0 unspecified atom stereocenters. The molecule has 1 amide bonds. The summed E-state index contributed by atoms with van der Waals surface area (Å²) < 4.78 is 11.8. The highest BCUT2D eigenvalue weighted by Crippen LogP contribution is 2.35. The number of nitriles is 1. The Hall–Kier alpha value is -3.91. The maximum absolute atomic E-state index is 12.2. The number of benzene rings is 3. The first kappa shape index (κ1) is 23.7. The van der Waals surface area contributed by atoms with E-state index in [4.69, 9.17) is 9.47 Å². The second kappa shape index (κ2) is 11.1. The number of nitrogens with zero attached hydrogens (tertiary/aromatic N) is 2. The normalized spacial score (nSPS) is 10.8. The molecule has 0 atom stereocenters. The zero-order valence-corrected chi connectivity index (χ0v) is 19.6. The summed E-state index contributed by atoms with van der Waals surface area (Å²) in [5, 5.41) is 23.2. The highest BCUT2D eigenvalue weighted by molar-refractivity contribution is 14.1. The molecule has 8 nitrogen and oxygen atoms in total. The van der Waals surface area contributed by atoms with Gasteiger partial charge in [-0.3, -0.25) is 14.9 Å². The summed E-state index contributed by atoms with van der Waals surface area (Å²) >= 11 is 2.07. The summed E-state index contributed by atoms with van der Waals surface area (Å²) in [4.78, 5) is 22.6. The zero-order chi connectivity index (χ0) is 23.8. The number of para-hydroxylation sites is 1. The quantitative estimate of drug-likeness (QED) is 0.133. The number of hydrogen-bond donors (Lipinski definition) is 1. The lowest BCUT2D eigenvalue weighted by Crippen LogP contribution is -2.20. The van der Waals surface area contributed by atoms with Crippen molar-refractivity contribution in [1.82, 2.24) is 0 Å². The highest BCUT2D eigenvalue weighted by Gasteiger charge is 2.14. The molecule has 0 aliphatic rings. The van der Waals surface area contributed by atoms with E-state index >= 15 is 0 Å². The fraction of sp³-hybridized carbons (Fsp3) is 0.0833. The van der Waals surface area contributed by atoms with Crippen LogP contribution in [0.2, 0.25) is 0 Å². The Morgan fingerprint density at radius 1 is 1.18 bits per heavy atom. The van der Waals surface area contributed by atoms with Crippen LogP contribution in [-0.4, -0.2) is 24.5 Å². The Morgan fingerprint density at radius 2 is 1.88 bits per heavy atom. The van der Waals surface area contributed by atoms with Gasteiger partial charge >= 0.3 is 0 Å². The van der Waals surface area contributed by atoms with Crippen molar-refractivity contribution < 1.29 is 19.2 Å². The lowest BCUT2D eigenvalue weighted by Gasteiger charge is -2.14. The number of amides is 1. The molecule has 33 heavy (non-hydrogen) atoms. The van der Waals surface area contributed by atoms with Gasteiger partial charge in [-0.1, -0.05) is 18.2 Å². The summed E-state index contributed by atoms with van der Waals surface area (Å²) in [6, 6.07) is 20.4. The Labute approximate surface area is 203 Å². The molecule has 0 aromatic heterocycles. The minimum Gasteiger partial charge on any atom is -0.493 e. The van der Waals surface area contributed by atoms with Gasteiger partial charge in [0.25, 0.3) is 11.6 Å². The fourth-order valence-corrected chi connectivity index (χ4v) is 3.71. The second-order valence-corrected chi connectivity index (χ2v) is 7.87. The fourth-order valence-electron chi connectivity index (χ4n) is 2.93. The van der Waals surface area contributed by atoms with Crippen molar-refractivity contribution in [2.45, 2.75) is 0 Å². The monoisotopic (exact) mass is 555 g/mol. The lowest BCUT2D eigenvalue weighted by molar-refractivity contribution is -0.384. The van der Waals surface area contributed by atoms with Crippen LogP contribution in [0, 0.1) is 25.0 Å². The zero-order valence-electron chi connectivity index (χ0n) is 17.4. The highest BCUT2D eigenvalue weighted by atomic mass is 127. The van der Waals surface area contributed by atoms with Gasteiger partial charge in [0.2, 0.25) is 0 Å². The molecule has 0 saturated heterocycles. The van der Waals surface area contributed by atoms with Gasteiger partial charge in [0.1, 0.15) is 0 Å². The van der Waals surface area contributed by atoms with Crippen LogP contribution < -0.4 is 14.8 Å². The third kappa shape index (κ3) is 6.30. The van der Waals surface area contributed by atoms with E-state index in [-0.39, 0.29) is 18.2 Å². The molecule has 3 aromatic rings. The Balaban J connectivity index is 1.79. The number of nitro benzene ring substituents is 1. The third-order valence-corrected chi connectivity index (χ3v) is 5.28. The predicted molar refractivity (Wildman–Crippen MR) is 133 cm³/mol. The second-order valence-electron chi connectivity index (χ2n) is 6.71. The third-order valence-electron chi connectivity index (χ3n) is 4.48. The van der Waals surface area contributed by atoms with Crippen molar-refractivity contribution in [3.63, 3.8) is 0 Å². The SMILES string of the molecule is COc1cc(/C=C(\C#N)c2ccc([N+](=O)[O-])cc2)cc(I)c1OCC(=O)Nc1ccccc1. The minimum absolute atomic E-state index is 0.0509. The average molecular weight is 555 g/mol. The number of ether oxygens (including phenoxy) is 2. The van der Waals surface area contributed by atoms with Crippen molar-refractivity contribution >= 4 is 51.5 Å². The molecule has 1 N–H and O–H groups in total. The van der Waals surface area contributed by atoms with Crippen LogP contribution in [0.5, 0.6) is 11.5 Å². The van der Waals surface area contributed by atoms with Crippen LogP contribution in [0.25, 0.3) is 11.6 Å². The first-order valence-corrected chi connectivity index (χ1v) is 10.7. The number of methoxy groups -OCH3 is 1. The van der Waals surface area contributed by atoms with Gasteiger partial charge in [0, 0.05) is 17.8 Å². The lowest BCUT2D eigenvalue weighted by atomic mass is 10.0. The van der Waals surface area contributed by atoms with Crippen molar-refractivity contribution in [3.8, 4) is 17.6 Å². The number of halogens is 1. The molecule has 3 aromatic carbocycles. The van der Waals surface area contributed by atoms with Gasteiger partial charge in [-0.05, 0) is 76.2 Å². The smallest absolute Gasteiger partial charge is 0.269 e. The summed E-state index contributed by atoms with van der Waals surface area (Å²) in [6.45, 7) is -0.206. The van der Waals surface area contributed by atoms with Crippen LogP contribution in [0.4, 0.5) is 11.4 Å². The molecule has 0 aliphatic carbocycles. The first-order valence-electron chi connectivity index (χ1n) is 9.63. The molecule has 166 valence electrons. The van der Waals surface area contributed by atoms with E-state index in [0.29, 0.717) is 37.5 Å².